The van der Waals surface area contributed by atoms with Crippen LogP contribution in [0.25, 0.3) is 0 Å². The molecule has 3 aromatic carbocycles. The van der Waals surface area contributed by atoms with E-state index in [1.165, 1.54) is 0 Å². The largest absolute Gasteiger partial charge is 0.352 e. The Morgan fingerprint density at radius 2 is 1.61 bits per heavy atom. The molecule has 3 aromatic rings. The van der Waals surface area contributed by atoms with E-state index in [-0.39, 0.29) is 17.9 Å². The Labute approximate surface area is 224 Å². The fraction of sp³-hybridized carbons (Fsp3) is 0.333. The summed E-state index contributed by atoms with van der Waals surface area (Å²) in [6.45, 7) is 6.46. The average Bonchev–Trinajstić information content (AvgIpc) is 2.88. The third kappa shape index (κ3) is 8.72. The summed E-state index contributed by atoms with van der Waals surface area (Å²) < 4.78 is 0. The number of benzene rings is 3. The minimum atomic E-state index is -0.601. The Bertz CT molecular complexity index is 1100. The summed E-state index contributed by atoms with van der Waals surface area (Å²) in [7, 11) is 0. The van der Waals surface area contributed by atoms with Crippen LogP contribution in [0.2, 0.25) is 5.02 Å². The second-order valence-electron chi connectivity index (χ2n) is 9.08. The molecule has 0 fully saturated rings. The summed E-state index contributed by atoms with van der Waals surface area (Å²) in [6, 6.07) is 25.1. The van der Waals surface area contributed by atoms with Crippen LogP contribution in [0.3, 0.4) is 0 Å². The maximum Gasteiger partial charge on any atom is 0.243 e. The summed E-state index contributed by atoms with van der Waals surface area (Å²) in [4.78, 5) is 30.0. The van der Waals surface area contributed by atoms with E-state index in [9.17, 15) is 9.59 Å². The van der Waals surface area contributed by atoms with Crippen LogP contribution in [-0.2, 0) is 22.6 Å². The molecule has 0 bridgehead atoms. The van der Waals surface area contributed by atoms with E-state index < -0.39 is 6.04 Å². The van der Waals surface area contributed by atoms with Gasteiger partial charge in [0.15, 0.2) is 0 Å². The zero-order valence-electron chi connectivity index (χ0n) is 21.2. The molecule has 0 aliphatic heterocycles. The Balaban J connectivity index is 1.84. The average molecular weight is 523 g/mol. The highest BCUT2D eigenvalue weighted by molar-refractivity contribution is 7.99. The highest BCUT2D eigenvalue weighted by Crippen LogP contribution is 2.23. The van der Waals surface area contributed by atoms with Crippen molar-refractivity contribution in [1.82, 2.24) is 10.2 Å². The number of hydrogen-bond acceptors (Lipinski definition) is 3. The van der Waals surface area contributed by atoms with Crippen LogP contribution < -0.4 is 5.32 Å². The Kier molecular flexibility index (Phi) is 10.9. The summed E-state index contributed by atoms with van der Waals surface area (Å²) in [5.74, 6) is 0.479. The first-order chi connectivity index (χ1) is 17.4. The quantitative estimate of drug-likeness (QED) is 0.270. The summed E-state index contributed by atoms with van der Waals surface area (Å²) in [5, 5.41) is 3.81. The van der Waals surface area contributed by atoms with Gasteiger partial charge in [0.25, 0.3) is 0 Å². The predicted molar refractivity (Wildman–Crippen MR) is 150 cm³/mol. The van der Waals surface area contributed by atoms with Crippen molar-refractivity contribution in [2.24, 2.45) is 0 Å². The topological polar surface area (TPSA) is 49.4 Å². The lowest BCUT2D eigenvalue weighted by atomic mass is 10.0. The number of aryl methyl sites for hydroxylation is 1. The third-order valence-electron chi connectivity index (χ3n) is 6.14. The van der Waals surface area contributed by atoms with Crippen molar-refractivity contribution in [3.05, 3.63) is 101 Å². The molecular weight excluding hydrogens is 488 g/mol. The molecule has 0 saturated heterocycles. The summed E-state index contributed by atoms with van der Waals surface area (Å²) >= 11 is 7.61. The molecule has 0 aliphatic carbocycles. The van der Waals surface area contributed by atoms with E-state index in [0.717, 1.165) is 28.0 Å². The molecule has 2 atom stereocenters. The molecular formula is C30H35ClN2O2S. The number of nitrogens with zero attached hydrogens (tertiary/aromatic N) is 1. The predicted octanol–water partition coefficient (Wildman–Crippen LogP) is 6.69. The lowest BCUT2D eigenvalue weighted by Gasteiger charge is -2.32. The lowest BCUT2D eigenvalue weighted by molar-refractivity contribution is -0.141. The van der Waals surface area contributed by atoms with Gasteiger partial charge in [-0.15, -0.1) is 11.8 Å². The highest BCUT2D eigenvalue weighted by Gasteiger charge is 2.30. The molecule has 0 aromatic heterocycles. The first-order valence-corrected chi connectivity index (χ1v) is 13.8. The number of nitrogens with one attached hydrogen (secondary N) is 1. The first-order valence-electron chi connectivity index (χ1n) is 12.4. The van der Waals surface area contributed by atoms with E-state index in [1.54, 1.807) is 16.7 Å². The molecule has 4 nitrogen and oxygen atoms in total. The number of thioether (sulfide) groups is 1. The molecule has 0 spiro atoms. The molecule has 1 N–H and O–H groups in total. The smallest absolute Gasteiger partial charge is 0.243 e. The second kappa shape index (κ2) is 14.1. The first kappa shape index (κ1) is 27.8. The third-order valence-corrected chi connectivity index (χ3v) is 7.41. The number of carbonyl (C=O) groups is 2. The van der Waals surface area contributed by atoms with Gasteiger partial charge in [-0.2, -0.15) is 0 Å². The number of rotatable bonds is 12. The van der Waals surface area contributed by atoms with Crippen LogP contribution >= 0.6 is 23.4 Å². The Morgan fingerprint density at radius 3 is 2.25 bits per heavy atom. The molecule has 36 heavy (non-hydrogen) atoms. The summed E-state index contributed by atoms with van der Waals surface area (Å²) in [5.41, 5.74) is 3.19. The van der Waals surface area contributed by atoms with E-state index >= 15 is 0 Å². The maximum absolute atomic E-state index is 13.7. The van der Waals surface area contributed by atoms with Crippen LogP contribution in [0.5, 0.6) is 0 Å². The van der Waals surface area contributed by atoms with Gasteiger partial charge in [0, 0.05) is 41.1 Å². The van der Waals surface area contributed by atoms with Gasteiger partial charge in [-0.3, -0.25) is 9.59 Å². The van der Waals surface area contributed by atoms with Gasteiger partial charge in [0.2, 0.25) is 11.8 Å². The maximum atomic E-state index is 13.7. The van der Waals surface area contributed by atoms with Crippen molar-refractivity contribution in [2.45, 2.75) is 63.6 Å². The number of carbonyl (C=O) groups excluding carboxylic acids is 2. The van der Waals surface area contributed by atoms with E-state index in [4.69, 9.17) is 11.6 Å². The van der Waals surface area contributed by atoms with Crippen LogP contribution in [0, 0.1) is 6.92 Å². The molecule has 190 valence electrons. The zero-order valence-corrected chi connectivity index (χ0v) is 22.8. The van der Waals surface area contributed by atoms with Crippen molar-refractivity contribution in [3.8, 4) is 0 Å². The van der Waals surface area contributed by atoms with E-state index in [1.807, 2.05) is 99.6 Å². The monoisotopic (exact) mass is 522 g/mol. The Hall–Kier alpha value is -2.76. The van der Waals surface area contributed by atoms with E-state index in [0.29, 0.717) is 30.2 Å². The van der Waals surface area contributed by atoms with Crippen LogP contribution in [-0.4, -0.2) is 34.6 Å². The van der Waals surface area contributed by atoms with Crippen molar-refractivity contribution < 1.29 is 9.59 Å². The molecule has 3 rings (SSSR count). The van der Waals surface area contributed by atoms with Gasteiger partial charge in [-0.05, 0) is 55.7 Å². The van der Waals surface area contributed by atoms with Gasteiger partial charge in [-0.1, -0.05) is 78.7 Å². The van der Waals surface area contributed by atoms with Crippen molar-refractivity contribution in [3.63, 3.8) is 0 Å². The molecule has 2 amide bonds. The van der Waals surface area contributed by atoms with Gasteiger partial charge in [-0.25, -0.2) is 0 Å². The minimum Gasteiger partial charge on any atom is -0.352 e. The van der Waals surface area contributed by atoms with Crippen molar-refractivity contribution >= 4 is 35.2 Å². The van der Waals surface area contributed by atoms with Gasteiger partial charge in [0.1, 0.15) is 6.04 Å². The molecule has 0 heterocycles. The fourth-order valence-corrected chi connectivity index (χ4v) is 4.78. The van der Waals surface area contributed by atoms with Gasteiger partial charge in [0.05, 0.1) is 0 Å². The number of halogens is 1. The molecule has 0 saturated carbocycles. The van der Waals surface area contributed by atoms with Crippen LogP contribution in [0.4, 0.5) is 0 Å². The number of amides is 2. The minimum absolute atomic E-state index is 0.0303. The molecule has 0 radical (unpaired) electrons. The Morgan fingerprint density at radius 1 is 0.944 bits per heavy atom. The van der Waals surface area contributed by atoms with Crippen LogP contribution in [0.1, 0.15) is 43.4 Å². The zero-order chi connectivity index (χ0) is 25.9. The molecule has 0 unspecified atom stereocenters. The second-order valence-corrected chi connectivity index (χ2v) is 10.7. The summed E-state index contributed by atoms with van der Waals surface area (Å²) in [6.07, 6.45) is 1.62. The standard InChI is InChI=1S/C30H35ClN2O2S/c1-4-23(3)32-30(35)28(20-24-8-6-5-7-9-24)33(21-25-12-10-22(2)11-13-25)29(34)18-19-36-27-16-14-26(31)15-17-27/h5-17,23,28H,4,18-21H2,1-3H3,(H,32,35)/t23-,28-/m1/s1. The lowest BCUT2D eigenvalue weighted by Crippen LogP contribution is -2.52. The molecule has 6 heteroatoms. The van der Waals surface area contributed by atoms with Crippen LogP contribution in [0.15, 0.2) is 83.8 Å². The normalized spacial score (nSPS) is 12.6. The van der Waals surface area contributed by atoms with E-state index in [2.05, 4.69) is 5.32 Å². The molecule has 0 aliphatic rings. The number of hydrogen-bond donors (Lipinski definition) is 1. The highest BCUT2D eigenvalue weighted by atomic mass is 35.5. The SMILES string of the molecule is CC[C@@H](C)NC(=O)[C@@H](Cc1ccccc1)N(Cc1ccc(C)cc1)C(=O)CCSc1ccc(Cl)cc1. The van der Waals surface area contributed by atoms with Gasteiger partial charge >= 0.3 is 0 Å². The van der Waals surface area contributed by atoms with Crippen molar-refractivity contribution in [1.29, 1.82) is 0 Å². The van der Waals surface area contributed by atoms with Gasteiger partial charge < -0.3 is 10.2 Å². The fourth-order valence-electron chi connectivity index (χ4n) is 3.82. The van der Waals surface area contributed by atoms with Crippen molar-refractivity contribution in [2.75, 3.05) is 5.75 Å².